The van der Waals surface area contributed by atoms with Crippen LogP contribution >= 0.6 is 11.3 Å². The number of para-hydroxylation sites is 1. The molecule has 55 heavy (non-hydrogen) atoms. The van der Waals surface area contributed by atoms with E-state index in [1.807, 2.05) is 0 Å². The molecule has 2 aliphatic carbocycles. The first kappa shape index (κ1) is 30.8. The van der Waals surface area contributed by atoms with Crippen molar-refractivity contribution in [2.75, 3.05) is 0 Å². The molecule has 3 aliphatic rings. The van der Waals surface area contributed by atoms with E-state index in [0.717, 1.165) is 44.0 Å². The van der Waals surface area contributed by atoms with Gasteiger partial charge in [-0.05, 0) is 80.6 Å². The summed E-state index contributed by atoms with van der Waals surface area (Å²) in [6.07, 6.45) is 8.82. The maximum atomic E-state index is 6.79. The van der Waals surface area contributed by atoms with Gasteiger partial charge in [0.15, 0.2) is 5.82 Å². The number of hydrogen-bond donors (Lipinski definition) is 0. The average Bonchev–Trinajstić information content (AvgIpc) is 3.76. The van der Waals surface area contributed by atoms with Crippen LogP contribution in [0.15, 0.2) is 182 Å². The van der Waals surface area contributed by atoms with E-state index in [-0.39, 0.29) is 12.0 Å². The molecule has 0 saturated heterocycles. The van der Waals surface area contributed by atoms with Crippen molar-refractivity contribution in [2.45, 2.75) is 11.5 Å². The minimum Gasteiger partial charge on any atom is -0.485 e. The Kier molecular flexibility index (Phi) is 6.55. The molecular weight excluding hydrogens is 689 g/mol. The number of nitrogens with zero attached hydrogens (tertiary/aromatic N) is 2. The topological polar surface area (TPSA) is 35.0 Å². The van der Waals surface area contributed by atoms with Crippen LogP contribution in [0.3, 0.4) is 0 Å². The lowest BCUT2D eigenvalue weighted by molar-refractivity contribution is 0.141. The Hall–Kier alpha value is -6.62. The predicted octanol–water partition coefficient (Wildman–Crippen LogP) is 12.8. The van der Waals surface area contributed by atoms with E-state index in [1.165, 1.54) is 54.4 Å². The van der Waals surface area contributed by atoms with Crippen molar-refractivity contribution in [1.29, 1.82) is 0 Å². The first-order valence-corrected chi connectivity index (χ1v) is 19.7. The van der Waals surface area contributed by atoms with Crippen molar-refractivity contribution in [3.63, 3.8) is 0 Å². The third-order valence-electron chi connectivity index (χ3n) is 11.9. The number of thiophene rings is 1. The molecule has 3 heterocycles. The van der Waals surface area contributed by atoms with Crippen molar-refractivity contribution >= 4 is 42.4 Å². The monoisotopic (exact) mass is 720 g/mol. The molecule has 3 nitrogen and oxygen atoms in total. The lowest BCUT2D eigenvalue weighted by atomic mass is 9.60. The number of allylic oxidation sites excluding steroid dienone is 2. The zero-order valence-electron chi connectivity index (χ0n) is 29.7. The summed E-state index contributed by atoms with van der Waals surface area (Å²) in [6.45, 7) is 0. The van der Waals surface area contributed by atoms with Crippen LogP contribution < -0.4 is 4.74 Å². The van der Waals surface area contributed by atoms with Crippen molar-refractivity contribution in [3.8, 4) is 50.6 Å². The van der Waals surface area contributed by atoms with Gasteiger partial charge in [0.25, 0.3) is 0 Å². The van der Waals surface area contributed by atoms with Gasteiger partial charge >= 0.3 is 0 Å². The molecule has 0 N–H and O–H groups in total. The van der Waals surface area contributed by atoms with Gasteiger partial charge in [0.1, 0.15) is 11.9 Å². The molecule has 0 saturated carbocycles. The van der Waals surface area contributed by atoms with Gasteiger partial charge < -0.3 is 4.74 Å². The van der Waals surface area contributed by atoms with E-state index in [2.05, 4.69) is 182 Å². The van der Waals surface area contributed by atoms with Crippen LogP contribution in [0.1, 0.15) is 16.7 Å². The Morgan fingerprint density at radius 2 is 1.22 bits per heavy atom. The second-order valence-electron chi connectivity index (χ2n) is 14.8. The lowest BCUT2D eigenvalue weighted by Crippen LogP contribution is -2.47. The molecule has 2 aromatic heterocycles. The van der Waals surface area contributed by atoms with Gasteiger partial charge in [-0.2, -0.15) is 0 Å². The number of aromatic nitrogens is 2. The van der Waals surface area contributed by atoms with Crippen LogP contribution in [0.4, 0.5) is 0 Å². The molecule has 0 fully saturated rings. The highest BCUT2D eigenvalue weighted by molar-refractivity contribution is 7.26. The first-order valence-electron chi connectivity index (χ1n) is 18.9. The van der Waals surface area contributed by atoms with Gasteiger partial charge in [-0.15, -0.1) is 11.3 Å². The third-order valence-corrected chi connectivity index (χ3v) is 13.1. The van der Waals surface area contributed by atoms with Crippen molar-refractivity contribution in [1.82, 2.24) is 9.97 Å². The van der Waals surface area contributed by atoms with Crippen molar-refractivity contribution in [3.05, 3.63) is 199 Å². The summed E-state index contributed by atoms with van der Waals surface area (Å²) in [6, 6.07) is 57.1. The van der Waals surface area contributed by atoms with Crippen LogP contribution in [0.2, 0.25) is 0 Å². The molecule has 0 bridgehead atoms. The van der Waals surface area contributed by atoms with Crippen LogP contribution in [0.25, 0.3) is 76.0 Å². The maximum absolute atomic E-state index is 6.79. The molecule has 7 aromatic carbocycles. The maximum Gasteiger partial charge on any atom is 0.160 e. The number of rotatable bonds is 3. The molecule has 1 spiro atoms. The number of benzene rings is 7. The van der Waals surface area contributed by atoms with Crippen LogP contribution in [0.5, 0.6) is 5.75 Å². The Bertz CT molecular complexity index is 3090. The Labute approximate surface area is 322 Å². The van der Waals surface area contributed by atoms with Gasteiger partial charge in [-0.3, -0.25) is 0 Å². The van der Waals surface area contributed by atoms with Gasteiger partial charge in [0, 0.05) is 32.7 Å². The summed E-state index contributed by atoms with van der Waals surface area (Å²) in [5, 5.41) is 3.65. The Morgan fingerprint density at radius 3 is 2.11 bits per heavy atom. The highest BCUT2D eigenvalue weighted by Crippen LogP contribution is 2.62. The molecule has 3 atom stereocenters. The summed E-state index contributed by atoms with van der Waals surface area (Å²) in [5.41, 5.74) is 12.3. The van der Waals surface area contributed by atoms with E-state index in [9.17, 15) is 0 Å². The number of ether oxygens (including phenoxy) is 1. The summed E-state index contributed by atoms with van der Waals surface area (Å²) < 4.78 is 9.10. The lowest BCUT2D eigenvalue weighted by Gasteiger charge is -2.47. The van der Waals surface area contributed by atoms with Crippen molar-refractivity contribution in [2.24, 2.45) is 5.92 Å². The molecule has 1 aliphatic heterocycles. The zero-order valence-corrected chi connectivity index (χ0v) is 30.5. The third kappa shape index (κ3) is 4.43. The highest BCUT2D eigenvalue weighted by Gasteiger charge is 2.56. The first-order chi connectivity index (χ1) is 27.2. The van der Waals surface area contributed by atoms with Gasteiger partial charge in [-0.1, -0.05) is 146 Å². The normalized spacial score (nSPS) is 19.0. The molecule has 12 rings (SSSR count). The SMILES string of the molecule is C1=CC2Oc3ccccc3C3(c4cc(-c5nc(-c6ccc(-c7ccccc7)cc6)nc6c5sc5ccccc56)ccc4-c4cc5ccccc5cc43)C2C=C1. The quantitative estimate of drug-likeness (QED) is 0.182. The molecule has 258 valence electrons. The largest absolute Gasteiger partial charge is 0.485 e. The van der Waals surface area contributed by atoms with E-state index < -0.39 is 5.41 Å². The molecule has 9 aromatic rings. The number of fused-ring (bicyclic) bond motifs is 13. The van der Waals surface area contributed by atoms with Crippen LogP contribution in [-0.4, -0.2) is 16.1 Å². The van der Waals surface area contributed by atoms with E-state index in [1.54, 1.807) is 11.3 Å². The minimum absolute atomic E-state index is 0.0530. The number of hydrogen-bond acceptors (Lipinski definition) is 4. The fraction of sp³-hybridized carbons (Fsp3) is 0.0588. The fourth-order valence-electron chi connectivity index (χ4n) is 9.51. The van der Waals surface area contributed by atoms with Crippen molar-refractivity contribution < 1.29 is 4.74 Å². The summed E-state index contributed by atoms with van der Waals surface area (Å²) in [5.74, 6) is 1.72. The van der Waals surface area contributed by atoms with Crippen LogP contribution in [-0.2, 0) is 5.41 Å². The predicted molar refractivity (Wildman–Crippen MR) is 227 cm³/mol. The second kappa shape index (κ2) is 11.7. The van der Waals surface area contributed by atoms with E-state index in [0.29, 0.717) is 0 Å². The molecule has 0 radical (unpaired) electrons. The Morgan fingerprint density at radius 1 is 0.527 bits per heavy atom. The molecule has 3 unspecified atom stereocenters. The zero-order chi connectivity index (χ0) is 36.1. The average molecular weight is 721 g/mol. The van der Waals surface area contributed by atoms with E-state index >= 15 is 0 Å². The molecule has 4 heteroatoms. The van der Waals surface area contributed by atoms with Crippen LogP contribution in [0, 0.1) is 5.92 Å². The second-order valence-corrected chi connectivity index (χ2v) is 15.9. The van der Waals surface area contributed by atoms with E-state index in [4.69, 9.17) is 14.7 Å². The summed E-state index contributed by atoms with van der Waals surface area (Å²) >= 11 is 1.78. The summed E-state index contributed by atoms with van der Waals surface area (Å²) in [7, 11) is 0. The highest BCUT2D eigenvalue weighted by atomic mass is 32.1. The van der Waals surface area contributed by atoms with Gasteiger partial charge in [0.2, 0.25) is 0 Å². The van der Waals surface area contributed by atoms with Gasteiger partial charge in [-0.25, -0.2) is 9.97 Å². The fourth-order valence-corrected chi connectivity index (χ4v) is 10.7. The smallest absolute Gasteiger partial charge is 0.160 e. The standard InChI is InChI=1S/C51H32N2OS/c1-2-12-31(13-3-1)32-22-24-33(25-23-32)50-52-47(49-48(53-50)38-16-6-11-21-46(38)55-49)36-26-27-37-39-28-34-14-4-5-15-35(34)29-43(39)51(42(37)30-36)40-17-7-9-19-44(40)54-45-20-10-8-18-41(45)51/h1-30,40,44H. The van der Waals surface area contributed by atoms with Gasteiger partial charge in [0.05, 0.1) is 21.3 Å². The summed E-state index contributed by atoms with van der Waals surface area (Å²) in [4.78, 5) is 10.8. The molecule has 0 amide bonds. The Balaban J connectivity index is 1.13. The molecular formula is C51H32N2OS. The minimum atomic E-state index is -0.478.